The molecule has 0 amide bonds. The van der Waals surface area contributed by atoms with Gasteiger partial charge in [-0.05, 0) is 47.9 Å². The van der Waals surface area contributed by atoms with Crippen molar-refractivity contribution in [3.8, 4) is 0 Å². The van der Waals surface area contributed by atoms with Crippen LogP contribution in [0, 0.1) is 0 Å². The van der Waals surface area contributed by atoms with E-state index in [4.69, 9.17) is 0 Å². The zero-order chi connectivity index (χ0) is 15.0. The number of H-pyrrole nitrogens is 1. The number of alkyl halides is 3. The maximum absolute atomic E-state index is 12.6. The molecule has 1 nitrogen and oxygen atoms in total. The van der Waals surface area contributed by atoms with Crippen LogP contribution in [0.25, 0.3) is 10.9 Å². The molecule has 1 aromatic heterocycles. The smallest absolute Gasteiger partial charge is 0.361 e. The third-order valence-electron chi connectivity index (χ3n) is 3.38. The molecule has 0 saturated carbocycles. The summed E-state index contributed by atoms with van der Waals surface area (Å²) in [6.45, 7) is 0. The number of rotatable bonds is 2. The number of hydrogen-bond acceptors (Lipinski definition) is 0. The summed E-state index contributed by atoms with van der Waals surface area (Å²) in [6.07, 6.45) is -1.86. The molecule has 0 aliphatic heterocycles. The molecule has 1 heterocycles. The Bertz CT molecular complexity index is 772. The van der Waals surface area contributed by atoms with E-state index < -0.39 is 11.7 Å². The number of nitrogens with one attached hydrogen (secondary N) is 1. The minimum absolute atomic E-state index is 0.578. The van der Waals surface area contributed by atoms with Crippen LogP contribution >= 0.6 is 15.9 Å². The van der Waals surface area contributed by atoms with Crippen molar-refractivity contribution in [3.05, 3.63) is 69.8 Å². The van der Waals surface area contributed by atoms with Gasteiger partial charge in [-0.1, -0.05) is 28.1 Å². The average Bonchev–Trinajstić information content (AvgIpc) is 2.86. The third-order valence-corrected chi connectivity index (χ3v) is 3.84. The third kappa shape index (κ3) is 2.97. The molecule has 0 unspecified atom stereocenters. The predicted molar refractivity (Wildman–Crippen MR) is 80.2 cm³/mol. The van der Waals surface area contributed by atoms with Crippen LogP contribution in [0.1, 0.15) is 16.7 Å². The lowest BCUT2D eigenvalue weighted by atomic mass is 10.0. The number of halogens is 4. The summed E-state index contributed by atoms with van der Waals surface area (Å²) in [5, 5.41) is 1.08. The van der Waals surface area contributed by atoms with E-state index in [0.29, 0.717) is 6.42 Å². The predicted octanol–water partition coefficient (Wildman–Crippen LogP) is 5.54. The monoisotopic (exact) mass is 353 g/mol. The minimum atomic E-state index is -4.29. The Morgan fingerprint density at radius 3 is 2.38 bits per heavy atom. The van der Waals surface area contributed by atoms with Crippen LogP contribution in [-0.4, -0.2) is 4.98 Å². The summed E-state index contributed by atoms with van der Waals surface area (Å²) in [6, 6.07) is 11.3. The topological polar surface area (TPSA) is 15.8 Å². The Morgan fingerprint density at radius 2 is 1.71 bits per heavy atom. The van der Waals surface area contributed by atoms with E-state index in [9.17, 15) is 13.2 Å². The van der Waals surface area contributed by atoms with Crippen LogP contribution in [0.3, 0.4) is 0 Å². The number of fused-ring (bicyclic) bond motifs is 1. The molecule has 5 heteroatoms. The van der Waals surface area contributed by atoms with Crippen molar-refractivity contribution in [1.29, 1.82) is 0 Å². The molecule has 0 spiro atoms. The molecule has 3 rings (SSSR count). The van der Waals surface area contributed by atoms with Gasteiger partial charge in [-0.3, -0.25) is 0 Å². The molecule has 0 bridgehead atoms. The van der Waals surface area contributed by atoms with E-state index in [1.165, 1.54) is 12.1 Å². The summed E-state index contributed by atoms with van der Waals surface area (Å²) in [4.78, 5) is 3.17. The molecule has 0 aliphatic carbocycles. The van der Waals surface area contributed by atoms with Crippen LogP contribution in [0.15, 0.2) is 53.1 Å². The fraction of sp³-hybridized carbons (Fsp3) is 0.125. The molecule has 3 aromatic rings. The van der Waals surface area contributed by atoms with Crippen molar-refractivity contribution < 1.29 is 13.2 Å². The maximum atomic E-state index is 12.6. The molecule has 1 N–H and O–H groups in total. The second kappa shape index (κ2) is 5.22. The second-order valence-electron chi connectivity index (χ2n) is 4.88. The highest BCUT2D eigenvalue weighted by atomic mass is 79.9. The highest BCUT2D eigenvalue weighted by Gasteiger charge is 2.29. The van der Waals surface area contributed by atoms with Gasteiger partial charge in [0.2, 0.25) is 0 Å². The van der Waals surface area contributed by atoms with Crippen LogP contribution < -0.4 is 0 Å². The number of aromatic amines is 1. The molecule has 0 aliphatic rings. The first-order valence-electron chi connectivity index (χ1n) is 6.35. The Labute approximate surface area is 127 Å². The number of benzene rings is 2. The second-order valence-corrected chi connectivity index (χ2v) is 5.79. The standard InChI is InChI=1S/C16H11BrF3N/c17-14-8-11-5-6-21-15(11)12(9-14)7-10-1-3-13(4-2-10)16(18,19)20/h1-6,8-9,21H,7H2. The van der Waals surface area contributed by atoms with Gasteiger partial charge in [-0.15, -0.1) is 0 Å². The highest BCUT2D eigenvalue weighted by Crippen LogP contribution is 2.30. The van der Waals surface area contributed by atoms with Crippen LogP contribution in [-0.2, 0) is 12.6 Å². The summed E-state index contributed by atoms with van der Waals surface area (Å²) >= 11 is 3.46. The summed E-state index contributed by atoms with van der Waals surface area (Å²) in [5.41, 5.74) is 2.28. The van der Waals surface area contributed by atoms with Gasteiger partial charge >= 0.3 is 6.18 Å². The van der Waals surface area contributed by atoms with Gasteiger partial charge in [0.15, 0.2) is 0 Å². The van der Waals surface area contributed by atoms with E-state index in [2.05, 4.69) is 20.9 Å². The lowest BCUT2D eigenvalue weighted by Gasteiger charge is -2.09. The zero-order valence-electron chi connectivity index (χ0n) is 10.8. The van der Waals surface area contributed by atoms with Gasteiger partial charge in [0.1, 0.15) is 0 Å². The van der Waals surface area contributed by atoms with E-state index in [0.717, 1.165) is 38.6 Å². The Hall–Kier alpha value is -1.75. The van der Waals surface area contributed by atoms with Gasteiger partial charge in [0, 0.05) is 21.6 Å². The largest absolute Gasteiger partial charge is 0.416 e. The van der Waals surface area contributed by atoms with Gasteiger partial charge in [0.25, 0.3) is 0 Å². The SMILES string of the molecule is FC(F)(F)c1ccc(Cc2cc(Br)cc3cc[nH]c23)cc1. The average molecular weight is 354 g/mol. The quantitative estimate of drug-likeness (QED) is 0.622. The normalized spacial score (nSPS) is 12.0. The maximum Gasteiger partial charge on any atom is 0.416 e. The van der Waals surface area contributed by atoms with Gasteiger partial charge in [-0.2, -0.15) is 13.2 Å². The van der Waals surface area contributed by atoms with Crippen LogP contribution in [0.5, 0.6) is 0 Å². The van der Waals surface area contributed by atoms with Crippen molar-refractivity contribution in [2.45, 2.75) is 12.6 Å². The Kier molecular flexibility index (Phi) is 3.53. The lowest BCUT2D eigenvalue weighted by Crippen LogP contribution is -2.04. The van der Waals surface area contributed by atoms with Gasteiger partial charge < -0.3 is 4.98 Å². The molecule has 108 valence electrons. The fourth-order valence-corrected chi connectivity index (χ4v) is 2.90. The van der Waals surface area contributed by atoms with E-state index in [-0.39, 0.29) is 0 Å². The lowest BCUT2D eigenvalue weighted by molar-refractivity contribution is -0.137. The van der Waals surface area contributed by atoms with Crippen molar-refractivity contribution in [3.63, 3.8) is 0 Å². The first-order valence-corrected chi connectivity index (χ1v) is 7.14. The van der Waals surface area contributed by atoms with Crippen molar-refractivity contribution in [2.24, 2.45) is 0 Å². The van der Waals surface area contributed by atoms with Gasteiger partial charge in [0.05, 0.1) is 5.56 Å². The molecule has 21 heavy (non-hydrogen) atoms. The highest BCUT2D eigenvalue weighted by molar-refractivity contribution is 9.10. The van der Waals surface area contributed by atoms with E-state index >= 15 is 0 Å². The van der Waals surface area contributed by atoms with Crippen LogP contribution in [0.2, 0.25) is 0 Å². The molecule has 0 saturated heterocycles. The van der Waals surface area contributed by atoms with Crippen molar-refractivity contribution >= 4 is 26.8 Å². The number of aromatic nitrogens is 1. The summed E-state index contributed by atoms with van der Waals surface area (Å²) in [5.74, 6) is 0. The first kappa shape index (κ1) is 14.2. The number of hydrogen-bond donors (Lipinski definition) is 1. The molecule has 0 fully saturated rings. The molecule has 0 radical (unpaired) electrons. The van der Waals surface area contributed by atoms with Crippen LogP contribution in [0.4, 0.5) is 13.2 Å². The molecular weight excluding hydrogens is 343 g/mol. The van der Waals surface area contributed by atoms with E-state index in [1.54, 1.807) is 0 Å². The van der Waals surface area contributed by atoms with Crippen molar-refractivity contribution in [1.82, 2.24) is 4.98 Å². The first-order chi connectivity index (χ1) is 9.93. The fourth-order valence-electron chi connectivity index (χ4n) is 2.38. The zero-order valence-corrected chi connectivity index (χ0v) is 12.4. The summed E-state index contributed by atoms with van der Waals surface area (Å²) in [7, 11) is 0. The Morgan fingerprint density at radius 1 is 1.00 bits per heavy atom. The summed E-state index contributed by atoms with van der Waals surface area (Å²) < 4.78 is 38.6. The minimum Gasteiger partial charge on any atom is -0.361 e. The van der Waals surface area contributed by atoms with E-state index in [1.807, 2.05) is 24.4 Å². The van der Waals surface area contributed by atoms with Gasteiger partial charge in [-0.25, -0.2) is 0 Å². The molecular formula is C16H11BrF3N. The Balaban J connectivity index is 1.93. The van der Waals surface area contributed by atoms with Crippen molar-refractivity contribution in [2.75, 3.05) is 0 Å². The molecule has 2 aromatic carbocycles. The molecule has 0 atom stereocenters.